The van der Waals surface area contributed by atoms with Crippen LogP contribution < -0.4 is 4.74 Å². The lowest BCUT2D eigenvalue weighted by Crippen LogP contribution is -2.23. The fourth-order valence-corrected chi connectivity index (χ4v) is 4.32. The summed E-state index contributed by atoms with van der Waals surface area (Å²) in [6.45, 7) is 11.8. The van der Waals surface area contributed by atoms with Crippen molar-refractivity contribution in [3.8, 4) is 5.75 Å². The fourth-order valence-electron chi connectivity index (χ4n) is 4.32. The Balaban J connectivity index is 1.82. The molecule has 26 heavy (non-hydrogen) atoms. The third-order valence-corrected chi connectivity index (χ3v) is 6.10. The second kappa shape index (κ2) is 9.58. The molecule has 1 aromatic rings. The molecule has 0 saturated heterocycles. The number of hydrogen-bond donors (Lipinski definition) is 0. The highest BCUT2D eigenvalue weighted by atomic mass is 16.5. The second-order valence-corrected chi connectivity index (χ2v) is 8.86. The Morgan fingerprint density at radius 2 is 2.04 bits per heavy atom. The summed E-state index contributed by atoms with van der Waals surface area (Å²) in [5, 5.41) is 0. The maximum atomic E-state index is 12.4. The third-order valence-electron chi connectivity index (χ3n) is 6.10. The van der Waals surface area contributed by atoms with Crippen molar-refractivity contribution in [3.63, 3.8) is 0 Å². The summed E-state index contributed by atoms with van der Waals surface area (Å²) in [5.74, 6) is 2.79. The first-order valence-corrected chi connectivity index (χ1v) is 10.7. The molecule has 2 heteroatoms. The van der Waals surface area contributed by atoms with Gasteiger partial charge >= 0.3 is 0 Å². The lowest BCUT2D eigenvalue weighted by Gasteiger charge is -2.23. The van der Waals surface area contributed by atoms with Crippen LogP contribution in [-0.4, -0.2) is 12.4 Å². The van der Waals surface area contributed by atoms with Gasteiger partial charge in [-0.05, 0) is 54.7 Å². The molecular formula is C24H38O2. The van der Waals surface area contributed by atoms with Crippen LogP contribution in [0.25, 0.3) is 0 Å². The van der Waals surface area contributed by atoms with Crippen molar-refractivity contribution in [2.75, 3.05) is 6.61 Å². The molecule has 0 N–H and O–H groups in total. The lowest BCUT2D eigenvalue weighted by molar-refractivity contribution is -0.127. The highest BCUT2D eigenvalue weighted by molar-refractivity contribution is 5.83. The van der Waals surface area contributed by atoms with E-state index in [0.717, 1.165) is 50.9 Å². The number of rotatable bonds is 11. The van der Waals surface area contributed by atoms with Crippen LogP contribution in [0, 0.1) is 11.3 Å². The molecule has 2 nitrogen and oxygen atoms in total. The average molecular weight is 359 g/mol. The van der Waals surface area contributed by atoms with Gasteiger partial charge in [-0.2, -0.15) is 0 Å². The zero-order valence-electron chi connectivity index (χ0n) is 17.6. The first-order valence-electron chi connectivity index (χ1n) is 10.7. The number of carbonyl (C=O) groups excluding carboxylic acids is 1. The summed E-state index contributed by atoms with van der Waals surface area (Å²) in [4.78, 5) is 12.4. The maximum absolute atomic E-state index is 12.4. The predicted octanol–water partition coefficient (Wildman–Crippen LogP) is 6.71. The lowest BCUT2D eigenvalue weighted by atomic mass is 9.80. The van der Waals surface area contributed by atoms with Crippen LogP contribution in [0.15, 0.2) is 18.2 Å². The zero-order chi connectivity index (χ0) is 19.2. The molecule has 1 heterocycles. The van der Waals surface area contributed by atoms with Crippen LogP contribution in [0.5, 0.6) is 5.75 Å². The average Bonchev–Trinajstić information content (AvgIpc) is 3.07. The van der Waals surface area contributed by atoms with Gasteiger partial charge in [-0.1, -0.05) is 59.6 Å². The van der Waals surface area contributed by atoms with Gasteiger partial charge in [-0.3, -0.25) is 4.79 Å². The molecule has 2 atom stereocenters. The van der Waals surface area contributed by atoms with E-state index in [1.807, 2.05) is 0 Å². The molecule has 0 aliphatic carbocycles. The first kappa shape index (κ1) is 21.0. The summed E-state index contributed by atoms with van der Waals surface area (Å²) in [6, 6.07) is 6.77. The van der Waals surface area contributed by atoms with E-state index in [1.54, 1.807) is 0 Å². The third kappa shape index (κ3) is 5.59. The minimum atomic E-state index is -0.142. The first-order chi connectivity index (χ1) is 12.4. The van der Waals surface area contributed by atoms with E-state index in [0.29, 0.717) is 17.6 Å². The van der Waals surface area contributed by atoms with Gasteiger partial charge in [-0.25, -0.2) is 0 Å². The second-order valence-electron chi connectivity index (χ2n) is 8.86. The van der Waals surface area contributed by atoms with Crippen molar-refractivity contribution < 1.29 is 9.53 Å². The van der Waals surface area contributed by atoms with Gasteiger partial charge in [0.15, 0.2) is 0 Å². The van der Waals surface area contributed by atoms with E-state index < -0.39 is 0 Å². The normalized spacial score (nSPS) is 16.0. The standard InChI is InChI=1S/C24H38O2/c1-6-14-24(4,5)23(25)10-8-9-18(3)16-19(7-2)20-11-12-22-21(17-20)13-15-26-22/h11-12,17-19H,6-10,13-16H2,1-5H3. The molecule has 0 saturated carbocycles. The molecule has 0 amide bonds. The van der Waals surface area contributed by atoms with Gasteiger partial charge in [0.1, 0.15) is 11.5 Å². The van der Waals surface area contributed by atoms with Crippen LogP contribution in [-0.2, 0) is 11.2 Å². The molecule has 0 radical (unpaired) electrons. The largest absolute Gasteiger partial charge is 0.493 e. The van der Waals surface area contributed by atoms with E-state index in [9.17, 15) is 4.79 Å². The van der Waals surface area contributed by atoms with Crippen LogP contribution in [0.1, 0.15) is 96.6 Å². The van der Waals surface area contributed by atoms with Crippen molar-refractivity contribution in [1.82, 2.24) is 0 Å². The molecule has 0 spiro atoms. The Labute approximate surface area is 160 Å². The summed E-state index contributed by atoms with van der Waals surface area (Å²) in [7, 11) is 0. The highest BCUT2D eigenvalue weighted by Crippen LogP contribution is 2.34. The molecule has 0 aromatic heterocycles. The highest BCUT2D eigenvalue weighted by Gasteiger charge is 2.25. The van der Waals surface area contributed by atoms with E-state index >= 15 is 0 Å². The molecule has 1 aromatic carbocycles. The van der Waals surface area contributed by atoms with Crippen molar-refractivity contribution in [2.24, 2.45) is 11.3 Å². The van der Waals surface area contributed by atoms with Gasteiger partial charge in [0, 0.05) is 18.3 Å². The summed E-state index contributed by atoms with van der Waals surface area (Å²) >= 11 is 0. The predicted molar refractivity (Wildman–Crippen MR) is 110 cm³/mol. The Hall–Kier alpha value is -1.31. The number of Topliss-reactive ketones (excluding diaryl/α,β-unsaturated/α-hetero) is 1. The molecule has 0 bridgehead atoms. The van der Waals surface area contributed by atoms with Gasteiger partial charge in [-0.15, -0.1) is 0 Å². The van der Waals surface area contributed by atoms with Gasteiger partial charge in [0.25, 0.3) is 0 Å². The van der Waals surface area contributed by atoms with Crippen molar-refractivity contribution in [1.29, 1.82) is 0 Å². The SMILES string of the molecule is CCCC(C)(C)C(=O)CCCC(C)CC(CC)c1ccc2c(c1)CCO2. The van der Waals surface area contributed by atoms with Crippen LogP contribution in [0.2, 0.25) is 0 Å². The molecule has 2 rings (SSSR count). The van der Waals surface area contributed by atoms with E-state index in [4.69, 9.17) is 4.74 Å². The van der Waals surface area contributed by atoms with Crippen LogP contribution in [0.3, 0.4) is 0 Å². The molecule has 0 fully saturated rings. The smallest absolute Gasteiger partial charge is 0.138 e. The minimum Gasteiger partial charge on any atom is -0.493 e. The number of ether oxygens (including phenoxy) is 1. The van der Waals surface area contributed by atoms with Crippen molar-refractivity contribution in [3.05, 3.63) is 29.3 Å². The van der Waals surface area contributed by atoms with Gasteiger partial charge in [0.05, 0.1) is 6.61 Å². The molecule has 146 valence electrons. The Morgan fingerprint density at radius 3 is 2.73 bits per heavy atom. The molecule has 2 unspecified atom stereocenters. The summed E-state index contributed by atoms with van der Waals surface area (Å²) in [5.41, 5.74) is 2.69. The monoisotopic (exact) mass is 358 g/mol. The van der Waals surface area contributed by atoms with E-state index in [-0.39, 0.29) is 5.41 Å². The van der Waals surface area contributed by atoms with Crippen molar-refractivity contribution >= 4 is 5.78 Å². The summed E-state index contributed by atoms with van der Waals surface area (Å²) < 4.78 is 5.64. The number of carbonyl (C=O) groups is 1. The fraction of sp³-hybridized carbons (Fsp3) is 0.708. The Kier molecular flexibility index (Phi) is 7.73. The Bertz CT molecular complexity index is 588. The molecular weight excluding hydrogens is 320 g/mol. The van der Waals surface area contributed by atoms with Gasteiger partial charge in [0.2, 0.25) is 0 Å². The van der Waals surface area contributed by atoms with E-state index in [1.165, 1.54) is 24.0 Å². The van der Waals surface area contributed by atoms with Gasteiger partial charge < -0.3 is 4.74 Å². The minimum absolute atomic E-state index is 0.142. The molecule has 1 aliphatic heterocycles. The number of ketones is 1. The Morgan fingerprint density at radius 1 is 1.27 bits per heavy atom. The van der Waals surface area contributed by atoms with Crippen molar-refractivity contribution in [2.45, 2.75) is 91.9 Å². The number of hydrogen-bond acceptors (Lipinski definition) is 2. The quantitative estimate of drug-likeness (QED) is 0.439. The number of benzene rings is 1. The van der Waals surface area contributed by atoms with E-state index in [2.05, 4.69) is 52.8 Å². The topological polar surface area (TPSA) is 26.3 Å². The number of fused-ring (bicyclic) bond motifs is 1. The zero-order valence-corrected chi connectivity index (χ0v) is 17.6. The van der Waals surface area contributed by atoms with Crippen LogP contribution >= 0.6 is 0 Å². The van der Waals surface area contributed by atoms with Crippen LogP contribution in [0.4, 0.5) is 0 Å². The summed E-state index contributed by atoms with van der Waals surface area (Å²) in [6.07, 6.45) is 8.44. The molecule has 1 aliphatic rings. The maximum Gasteiger partial charge on any atom is 0.138 e.